The van der Waals surface area contributed by atoms with Gasteiger partial charge in [-0.05, 0) is 56.0 Å². The number of rotatable bonds is 12. The van der Waals surface area contributed by atoms with Crippen molar-refractivity contribution in [2.24, 2.45) is 0 Å². The third kappa shape index (κ3) is 7.16. The number of benzene rings is 2. The average molecular weight is 471 g/mol. The van der Waals surface area contributed by atoms with E-state index in [9.17, 15) is 13.2 Å². The van der Waals surface area contributed by atoms with Crippen LogP contribution < -0.4 is 14.8 Å². The maximum absolute atomic E-state index is 13.1. The van der Waals surface area contributed by atoms with E-state index in [2.05, 4.69) is 15.0 Å². The molecule has 0 aliphatic rings. The highest BCUT2D eigenvalue weighted by Gasteiger charge is 2.26. The minimum Gasteiger partial charge on any atom is -0.494 e. The number of amides is 1. The molecule has 3 aromatic rings. The van der Waals surface area contributed by atoms with Gasteiger partial charge in [0.2, 0.25) is 15.9 Å². The lowest BCUT2D eigenvalue weighted by molar-refractivity contribution is -0.122. The van der Waals surface area contributed by atoms with Crippen molar-refractivity contribution in [3.8, 4) is 5.75 Å². The molecule has 3 rings (SSSR count). The first-order valence-corrected chi connectivity index (χ1v) is 12.4. The van der Waals surface area contributed by atoms with E-state index < -0.39 is 16.1 Å². The molecule has 1 unspecified atom stereocenters. The molecule has 2 N–H and O–H groups in total. The number of carbonyl (C=O) groups is 1. The summed E-state index contributed by atoms with van der Waals surface area (Å²) in [6, 6.07) is 13.1. The van der Waals surface area contributed by atoms with Crippen LogP contribution in [0.5, 0.6) is 5.75 Å². The van der Waals surface area contributed by atoms with Gasteiger partial charge >= 0.3 is 0 Å². The fourth-order valence-corrected chi connectivity index (χ4v) is 4.70. The van der Waals surface area contributed by atoms with Crippen LogP contribution >= 0.6 is 0 Å². The average Bonchev–Trinajstić information content (AvgIpc) is 3.32. The van der Waals surface area contributed by atoms with E-state index in [0.717, 1.165) is 5.56 Å². The number of hydrogen-bond acceptors (Lipinski definition) is 5. The summed E-state index contributed by atoms with van der Waals surface area (Å²) in [7, 11) is -3.92. The minimum absolute atomic E-state index is 0.0921. The van der Waals surface area contributed by atoms with Gasteiger partial charge in [0.05, 0.1) is 17.8 Å². The van der Waals surface area contributed by atoms with Gasteiger partial charge in [0.25, 0.3) is 0 Å². The smallest absolute Gasteiger partial charge is 0.241 e. The molecule has 0 saturated carbocycles. The summed E-state index contributed by atoms with van der Waals surface area (Å²) in [5, 5.41) is 2.86. The van der Waals surface area contributed by atoms with Crippen molar-refractivity contribution in [1.29, 1.82) is 0 Å². The van der Waals surface area contributed by atoms with Gasteiger partial charge in [0, 0.05) is 25.5 Å². The van der Waals surface area contributed by atoms with E-state index in [1.807, 2.05) is 48.0 Å². The lowest BCUT2D eigenvalue weighted by Gasteiger charge is -2.19. The number of aryl methyl sites for hydroxylation is 2. The van der Waals surface area contributed by atoms with E-state index in [1.165, 1.54) is 6.07 Å². The number of nitrogens with one attached hydrogen (secondary N) is 2. The van der Waals surface area contributed by atoms with Crippen molar-refractivity contribution in [3.63, 3.8) is 0 Å². The molecule has 176 valence electrons. The molecule has 1 atom stereocenters. The maximum Gasteiger partial charge on any atom is 0.241 e. The third-order valence-corrected chi connectivity index (χ3v) is 6.57. The standard InChI is InChI=1S/C24H30N4O4S/c1-3-32-23-11-10-21(16-19(23)2)33(30,31)27-22(17-20-8-5-4-6-9-20)24(29)26-12-7-14-28-15-13-25-18-28/h4-6,8-11,13,15-16,18,22,27H,3,7,12,14,17H2,1-2H3,(H,26,29). The van der Waals surface area contributed by atoms with E-state index in [-0.39, 0.29) is 17.2 Å². The number of imidazole rings is 1. The number of sulfonamides is 1. The molecule has 0 aliphatic heterocycles. The molecule has 0 bridgehead atoms. The van der Waals surface area contributed by atoms with E-state index in [0.29, 0.717) is 37.4 Å². The van der Waals surface area contributed by atoms with Crippen LogP contribution in [0.3, 0.4) is 0 Å². The number of carbonyl (C=O) groups excluding carboxylic acids is 1. The lowest BCUT2D eigenvalue weighted by Crippen LogP contribution is -2.48. The van der Waals surface area contributed by atoms with Crippen LogP contribution in [0.15, 0.2) is 72.1 Å². The highest BCUT2D eigenvalue weighted by molar-refractivity contribution is 7.89. The van der Waals surface area contributed by atoms with E-state index >= 15 is 0 Å². The number of nitrogens with zero attached hydrogens (tertiary/aromatic N) is 2. The minimum atomic E-state index is -3.92. The Balaban J connectivity index is 1.71. The third-order valence-electron chi connectivity index (χ3n) is 5.10. The first-order chi connectivity index (χ1) is 15.9. The van der Waals surface area contributed by atoms with Crippen molar-refractivity contribution in [3.05, 3.63) is 78.4 Å². The van der Waals surface area contributed by atoms with Crippen LogP contribution in [0.25, 0.3) is 0 Å². The van der Waals surface area contributed by atoms with Crippen LogP contribution in [0.4, 0.5) is 0 Å². The summed E-state index contributed by atoms with van der Waals surface area (Å²) in [6.45, 7) is 5.28. The Morgan fingerprint density at radius 1 is 1.18 bits per heavy atom. The Hall–Kier alpha value is -3.17. The second-order valence-electron chi connectivity index (χ2n) is 7.67. The molecule has 0 fully saturated rings. The second kappa shape index (κ2) is 11.6. The monoisotopic (exact) mass is 470 g/mol. The summed E-state index contributed by atoms with van der Waals surface area (Å²) in [5.41, 5.74) is 1.57. The summed E-state index contributed by atoms with van der Waals surface area (Å²) >= 11 is 0. The van der Waals surface area contributed by atoms with Crippen molar-refractivity contribution >= 4 is 15.9 Å². The molecular weight excluding hydrogens is 440 g/mol. The SMILES string of the molecule is CCOc1ccc(S(=O)(=O)NC(Cc2ccccc2)C(=O)NCCCn2ccnc2)cc1C. The highest BCUT2D eigenvalue weighted by Crippen LogP contribution is 2.22. The lowest BCUT2D eigenvalue weighted by atomic mass is 10.1. The predicted octanol–water partition coefficient (Wildman–Crippen LogP) is 2.69. The van der Waals surface area contributed by atoms with Crippen LogP contribution in [0.1, 0.15) is 24.5 Å². The summed E-state index contributed by atoms with van der Waals surface area (Å²) < 4.78 is 36.2. The molecule has 9 heteroatoms. The zero-order valence-electron chi connectivity index (χ0n) is 18.9. The normalized spacial score (nSPS) is 12.3. The zero-order chi connectivity index (χ0) is 23.7. The van der Waals surface area contributed by atoms with Gasteiger partial charge in [-0.25, -0.2) is 13.4 Å². The van der Waals surface area contributed by atoms with Crippen LogP contribution in [0, 0.1) is 6.92 Å². The Morgan fingerprint density at radius 2 is 1.97 bits per heavy atom. The van der Waals surface area contributed by atoms with Crippen LogP contribution in [-0.4, -0.2) is 43.1 Å². The molecule has 1 aromatic heterocycles. The van der Waals surface area contributed by atoms with Crippen molar-refractivity contribution in [2.45, 2.75) is 44.2 Å². The largest absolute Gasteiger partial charge is 0.494 e. The van der Waals surface area contributed by atoms with Gasteiger partial charge in [0.15, 0.2) is 0 Å². The molecule has 33 heavy (non-hydrogen) atoms. The van der Waals surface area contributed by atoms with Crippen molar-refractivity contribution in [1.82, 2.24) is 19.6 Å². The maximum atomic E-state index is 13.1. The quantitative estimate of drug-likeness (QED) is 0.396. The molecule has 0 spiro atoms. The Labute approximate surface area is 195 Å². The Bertz CT molecular complexity index is 1130. The molecule has 0 saturated heterocycles. The van der Waals surface area contributed by atoms with Gasteiger partial charge in [-0.15, -0.1) is 0 Å². The van der Waals surface area contributed by atoms with E-state index in [4.69, 9.17) is 4.74 Å². The fraction of sp³-hybridized carbons (Fsp3) is 0.333. The predicted molar refractivity (Wildman–Crippen MR) is 126 cm³/mol. The highest BCUT2D eigenvalue weighted by atomic mass is 32.2. The van der Waals surface area contributed by atoms with Crippen molar-refractivity contribution in [2.75, 3.05) is 13.2 Å². The van der Waals surface area contributed by atoms with Crippen LogP contribution in [0.2, 0.25) is 0 Å². The first kappa shape index (κ1) is 24.5. The fourth-order valence-electron chi connectivity index (χ4n) is 3.41. The number of aromatic nitrogens is 2. The topological polar surface area (TPSA) is 102 Å². The summed E-state index contributed by atoms with van der Waals surface area (Å²) in [4.78, 5) is 17.0. The van der Waals surface area contributed by atoms with Gasteiger partial charge in [0.1, 0.15) is 11.8 Å². The molecule has 1 heterocycles. The summed E-state index contributed by atoms with van der Waals surface area (Å²) in [5.74, 6) is 0.267. The second-order valence-corrected chi connectivity index (χ2v) is 9.38. The summed E-state index contributed by atoms with van der Waals surface area (Å²) in [6.07, 6.45) is 6.21. The molecule has 0 radical (unpaired) electrons. The molecule has 0 aliphatic carbocycles. The van der Waals surface area contributed by atoms with Gasteiger partial charge in [-0.2, -0.15) is 4.72 Å². The molecule has 2 aromatic carbocycles. The van der Waals surface area contributed by atoms with Crippen molar-refractivity contribution < 1.29 is 17.9 Å². The zero-order valence-corrected chi connectivity index (χ0v) is 19.7. The Morgan fingerprint density at radius 3 is 2.64 bits per heavy atom. The molecule has 8 nitrogen and oxygen atoms in total. The van der Waals surface area contributed by atoms with E-state index in [1.54, 1.807) is 31.6 Å². The Kier molecular flexibility index (Phi) is 8.62. The van der Waals surface area contributed by atoms with Gasteiger partial charge < -0.3 is 14.6 Å². The molecule has 1 amide bonds. The number of hydrogen-bond donors (Lipinski definition) is 2. The van der Waals surface area contributed by atoms with Crippen LogP contribution in [-0.2, 0) is 27.8 Å². The first-order valence-electron chi connectivity index (χ1n) is 10.9. The number of ether oxygens (including phenoxy) is 1. The van der Waals surface area contributed by atoms with Gasteiger partial charge in [-0.3, -0.25) is 4.79 Å². The molecular formula is C24H30N4O4S. The van der Waals surface area contributed by atoms with Gasteiger partial charge in [-0.1, -0.05) is 30.3 Å².